The number of hydrogen-bond acceptors (Lipinski definition) is 0. The molecular weight excluding hydrogens is 94.1 g/mol. The zero-order valence-corrected chi connectivity index (χ0v) is 3.06. The summed E-state index contributed by atoms with van der Waals surface area (Å²) in [6, 6.07) is 0. The van der Waals surface area contributed by atoms with Gasteiger partial charge in [-0.25, -0.2) is 0 Å². The van der Waals surface area contributed by atoms with E-state index < -0.39 is 6.08 Å². The van der Waals surface area contributed by atoms with Crippen molar-refractivity contribution >= 4 is 12.6 Å². The van der Waals surface area contributed by atoms with Crippen LogP contribution in [0.5, 0.6) is 0 Å². The summed E-state index contributed by atoms with van der Waals surface area (Å²) in [6.07, 6.45) is -1.81. The Morgan fingerprint density at radius 3 is 1.80 bits per heavy atom. The van der Waals surface area contributed by atoms with E-state index in [4.69, 9.17) is 0 Å². The second kappa shape index (κ2) is 2.08. The van der Waals surface area contributed by atoms with Crippen molar-refractivity contribution in [3.63, 3.8) is 0 Å². The third-order valence-electron chi connectivity index (χ3n) is 0.0891. The minimum absolute atomic E-state index is 0.333. The minimum Gasteiger partial charge on any atom is -0.172 e. The van der Waals surface area contributed by atoms with E-state index in [-0.39, 0.29) is 0 Å². The maximum atomic E-state index is 10.5. The van der Waals surface area contributed by atoms with E-state index in [2.05, 4.69) is 12.6 Å². The number of rotatable bonds is 0. The Kier molecular flexibility index (Phi) is 2.01. The summed E-state index contributed by atoms with van der Waals surface area (Å²) in [5.41, 5.74) is 0. The Morgan fingerprint density at radius 2 is 1.80 bits per heavy atom. The van der Waals surface area contributed by atoms with Gasteiger partial charge in [-0.05, 0) is 0 Å². The van der Waals surface area contributed by atoms with Gasteiger partial charge in [0.25, 0.3) is 6.08 Å². The van der Waals surface area contributed by atoms with Crippen molar-refractivity contribution in [2.75, 3.05) is 0 Å². The highest BCUT2D eigenvalue weighted by atomic mass is 32.1. The molecule has 0 rings (SSSR count). The van der Waals surface area contributed by atoms with Crippen molar-refractivity contribution in [1.29, 1.82) is 0 Å². The summed E-state index contributed by atoms with van der Waals surface area (Å²) < 4.78 is 21.0. The summed E-state index contributed by atoms with van der Waals surface area (Å²) in [7, 11) is 0. The molecule has 3 heteroatoms. The lowest BCUT2D eigenvalue weighted by atomic mass is 11.1. The standard InChI is InChI=1S/C2HF2S/c3-2(4)1-5/h1H. The molecular formula is C2HF2S. The molecule has 0 aromatic heterocycles. The fourth-order valence-electron chi connectivity index (χ4n) is 0. The topological polar surface area (TPSA) is 0 Å². The lowest BCUT2D eigenvalue weighted by Gasteiger charge is -1.61. The summed E-state index contributed by atoms with van der Waals surface area (Å²) in [6.45, 7) is 0. The maximum Gasteiger partial charge on any atom is 0.280 e. The van der Waals surface area contributed by atoms with Crippen LogP contribution in [0.25, 0.3) is 0 Å². The molecule has 0 saturated heterocycles. The maximum absolute atomic E-state index is 10.5. The Bertz CT molecular complexity index is 45.6. The number of hydrogen-bond donors (Lipinski definition) is 0. The first-order valence-corrected chi connectivity index (χ1v) is 1.37. The van der Waals surface area contributed by atoms with Crippen LogP contribution in [0.3, 0.4) is 0 Å². The Hall–Kier alpha value is -0.180. The van der Waals surface area contributed by atoms with Gasteiger partial charge in [0.05, 0.1) is 5.41 Å². The highest BCUT2D eigenvalue weighted by Crippen LogP contribution is 1.95. The Balaban J connectivity index is 3.14. The second-order valence-electron chi connectivity index (χ2n) is 0.407. The van der Waals surface area contributed by atoms with Crippen molar-refractivity contribution < 1.29 is 8.78 Å². The van der Waals surface area contributed by atoms with Gasteiger partial charge in [-0.2, -0.15) is 8.78 Å². The van der Waals surface area contributed by atoms with Gasteiger partial charge in [0.15, 0.2) is 0 Å². The molecule has 0 unspecified atom stereocenters. The predicted octanol–water partition coefficient (Wildman–Crippen LogP) is 1.92. The first-order chi connectivity index (χ1) is 2.27. The van der Waals surface area contributed by atoms with Crippen LogP contribution >= 0.6 is 12.6 Å². The zero-order valence-electron chi connectivity index (χ0n) is 2.24. The van der Waals surface area contributed by atoms with E-state index >= 15 is 0 Å². The quantitative estimate of drug-likeness (QED) is 0.431. The monoisotopic (exact) mass is 95.0 g/mol. The normalized spacial score (nSPS) is 6.80. The molecule has 0 aliphatic rings. The van der Waals surface area contributed by atoms with Crippen LogP contribution in [0.15, 0.2) is 11.5 Å². The van der Waals surface area contributed by atoms with Crippen molar-refractivity contribution in [1.82, 2.24) is 0 Å². The van der Waals surface area contributed by atoms with Crippen molar-refractivity contribution in [2.45, 2.75) is 0 Å². The molecule has 1 radical (unpaired) electrons. The molecule has 0 atom stereocenters. The van der Waals surface area contributed by atoms with Crippen molar-refractivity contribution in [3.05, 3.63) is 11.5 Å². The van der Waals surface area contributed by atoms with E-state index in [1.54, 1.807) is 0 Å². The third kappa shape index (κ3) is 3.82. The molecule has 0 bridgehead atoms. The zero-order chi connectivity index (χ0) is 4.28. The molecule has 0 aliphatic heterocycles. The van der Waals surface area contributed by atoms with Gasteiger partial charge in [-0.15, -0.1) is 0 Å². The second-order valence-corrected chi connectivity index (χ2v) is 0.643. The highest BCUT2D eigenvalue weighted by Gasteiger charge is 1.76. The van der Waals surface area contributed by atoms with E-state index in [9.17, 15) is 8.78 Å². The van der Waals surface area contributed by atoms with Crippen LogP contribution in [0, 0.1) is 0 Å². The summed E-state index contributed by atoms with van der Waals surface area (Å²) in [5.74, 6) is 0. The highest BCUT2D eigenvalue weighted by molar-refractivity contribution is 7.83. The minimum atomic E-state index is -1.81. The van der Waals surface area contributed by atoms with Gasteiger partial charge in [-0.3, -0.25) is 0 Å². The van der Waals surface area contributed by atoms with Crippen LogP contribution in [-0.4, -0.2) is 0 Å². The van der Waals surface area contributed by atoms with Crippen LogP contribution in [0.4, 0.5) is 8.78 Å². The Labute approximate surface area is 33.9 Å². The smallest absolute Gasteiger partial charge is 0.172 e. The summed E-state index contributed by atoms with van der Waals surface area (Å²) in [4.78, 5) is 0. The van der Waals surface area contributed by atoms with Gasteiger partial charge in [0, 0.05) is 0 Å². The Morgan fingerprint density at radius 1 is 1.60 bits per heavy atom. The number of halogens is 2. The van der Waals surface area contributed by atoms with Gasteiger partial charge in [-0.1, -0.05) is 12.6 Å². The lowest BCUT2D eigenvalue weighted by Crippen LogP contribution is -1.40. The van der Waals surface area contributed by atoms with Crippen LogP contribution in [0.2, 0.25) is 0 Å². The largest absolute Gasteiger partial charge is 0.280 e. The van der Waals surface area contributed by atoms with Gasteiger partial charge in [0.2, 0.25) is 0 Å². The summed E-state index contributed by atoms with van der Waals surface area (Å²) in [5, 5.41) is 0.333. The fraction of sp³-hybridized carbons (Fsp3) is 0. The van der Waals surface area contributed by atoms with Crippen molar-refractivity contribution in [3.8, 4) is 0 Å². The molecule has 0 aromatic carbocycles. The SMILES string of the molecule is FC(F)=C[S]. The molecule has 0 aliphatic carbocycles. The van der Waals surface area contributed by atoms with E-state index in [1.807, 2.05) is 0 Å². The molecule has 5 heavy (non-hydrogen) atoms. The average Bonchev–Trinajstić information content (AvgIpc) is 1.38. The molecule has 0 amide bonds. The average molecular weight is 95.1 g/mol. The van der Waals surface area contributed by atoms with Gasteiger partial charge in [0.1, 0.15) is 0 Å². The molecule has 29 valence electrons. The van der Waals surface area contributed by atoms with Crippen LogP contribution < -0.4 is 0 Å². The lowest BCUT2D eigenvalue weighted by molar-refractivity contribution is 0.424. The molecule has 0 N–H and O–H groups in total. The molecule has 0 aromatic rings. The van der Waals surface area contributed by atoms with E-state index in [0.29, 0.717) is 5.41 Å². The van der Waals surface area contributed by atoms with Gasteiger partial charge >= 0.3 is 0 Å². The molecule has 0 nitrogen and oxygen atoms in total. The van der Waals surface area contributed by atoms with E-state index in [1.165, 1.54) is 0 Å². The van der Waals surface area contributed by atoms with Crippen LogP contribution in [-0.2, 0) is 0 Å². The molecule has 0 heterocycles. The fourth-order valence-corrected chi connectivity index (χ4v) is 0. The molecule has 0 saturated carbocycles. The van der Waals surface area contributed by atoms with Crippen LogP contribution in [0.1, 0.15) is 0 Å². The first-order valence-electron chi connectivity index (χ1n) is 0.902. The van der Waals surface area contributed by atoms with E-state index in [0.717, 1.165) is 0 Å². The first kappa shape index (κ1) is 4.82. The summed E-state index contributed by atoms with van der Waals surface area (Å²) >= 11 is 3.76. The van der Waals surface area contributed by atoms with Gasteiger partial charge < -0.3 is 0 Å². The predicted molar refractivity (Wildman–Crippen MR) is 17.9 cm³/mol. The van der Waals surface area contributed by atoms with Crippen molar-refractivity contribution in [2.24, 2.45) is 0 Å². The molecule has 0 fully saturated rings. The molecule has 0 spiro atoms. The third-order valence-corrected chi connectivity index (χ3v) is 0.267.